The number of benzene rings is 1. The minimum atomic E-state index is -1.68. The van der Waals surface area contributed by atoms with E-state index in [4.69, 9.17) is 33.0 Å². The molecule has 18 heavy (non-hydrogen) atoms. The van der Waals surface area contributed by atoms with Crippen LogP contribution < -0.4 is 14.8 Å². The molecule has 0 fully saturated rings. The van der Waals surface area contributed by atoms with Crippen LogP contribution in [0.5, 0.6) is 11.5 Å². The molecule has 0 aliphatic carbocycles. The smallest absolute Gasteiger partial charge is 0.179 e. The van der Waals surface area contributed by atoms with Crippen molar-refractivity contribution in [3.8, 4) is 11.5 Å². The van der Waals surface area contributed by atoms with Gasteiger partial charge in [0.2, 0.25) is 0 Å². The predicted octanol–water partition coefficient (Wildman–Crippen LogP) is -0.307. The summed E-state index contributed by atoms with van der Waals surface area (Å²) in [6.45, 7) is 1.73. The van der Waals surface area contributed by atoms with Crippen molar-refractivity contribution in [1.82, 2.24) is 5.32 Å². The van der Waals surface area contributed by atoms with Crippen LogP contribution in [0.2, 0.25) is 0 Å². The molecule has 0 spiro atoms. The van der Waals surface area contributed by atoms with Crippen molar-refractivity contribution in [1.29, 1.82) is 0 Å². The monoisotopic (exact) mass is 237 g/mol. The SMILES string of the molecule is [B]CN[C@H](C)C(=O)c1ccc2c(c1)OC([B])([B])O2. The summed E-state index contributed by atoms with van der Waals surface area (Å²) in [4.78, 5) is 12.0. The highest BCUT2D eigenvalue weighted by atomic mass is 16.7. The lowest BCUT2D eigenvalue weighted by molar-refractivity contribution is 0.0831. The minimum Gasteiger partial charge on any atom is -0.468 e. The largest absolute Gasteiger partial charge is 0.468 e. The van der Waals surface area contributed by atoms with Gasteiger partial charge in [-0.3, -0.25) is 4.79 Å². The van der Waals surface area contributed by atoms with Crippen LogP contribution >= 0.6 is 0 Å². The van der Waals surface area contributed by atoms with Crippen LogP contribution in [0.3, 0.4) is 0 Å². The first-order chi connectivity index (χ1) is 8.43. The number of fused-ring (bicyclic) bond motifs is 1. The van der Waals surface area contributed by atoms with Gasteiger partial charge in [-0.25, -0.2) is 0 Å². The molecule has 7 heteroatoms. The molecule has 0 saturated carbocycles. The zero-order chi connectivity index (χ0) is 13.3. The van der Waals surface area contributed by atoms with E-state index in [1.165, 1.54) is 0 Å². The molecule has 6 radical (unpaired) electrons. The quantitative estimate of drug-likeness (QED) is 0.576. The second-order valence-electron chi connectivity index (χ2n) is 4.08. The second-order valence-corrected chi connectivity index (χ2v) is 4.08. The van der Waals surface area contributed by atoms with Gasteiger partial charge in [-0.15, -0.1) is 0 Å². The van der Waals surface area contributed by atoms with Crippen LogP contribution in [0.1, 0.15) is 17.3 Å². The summed E-state index contributed by atoms with van der Waals surface area (Å²) in [6.07, 6.45) is 0.228. The molecular weight excluding hydrogens is 227 g/mol. The fraction of sp³-hybridized carbons (Fsp3) is 0.364. The van der Waals surface area contributed by atoms with Crippen molar-refractivity contribution in [2.24, 2.45) is 0 Å². The Labute approximate surface area is 110 Å². The van der Waals surface area contributed by atoms with Crippen molar-refractivity contribution < 1.29 is 14.3 Å². The number of carbonyl (C=O) groups excluding carboxylic acids is 1. The summed E-state index contributed by atoms with van der Waals surface area (Å²) >= 11 is 0. The molecule has 0 saturated heterocycles. The lowest BCUT2D eigenvalue weighted by atomic mass is 9.76. The van der Waals surface area contributed by atoms with Gasteiger partial charge in [-0.2, -0.15) is 0 Å². The summed E-state index contributed by atoms with van der Waals surface area (Å²) in [5.74, 6) is 0.667. The second kappa shape index (κ2) is 4.73. The van der Waals surface area contributed by atoms with E-state index in [0.717, 1.165) is 0 Å². The predicted molar refractivity (Wildman–Crippen MR) is 69.5 cm³/mol. The maximum atomic E-state index is 12.0. The van der Waals surface area contributed by atoms with Crippen LogP contribution in [0, 0.1) is 0 Å². The average Bonchev–Trinajstić information content (AvgIpc) is 2.60. The molecule has 2 rings (SSSR count). The Kier molecular flexibility index (Phi) is 3.44. The van der Waals surface area contributed by atoms with E-state index in [1.54, 1.807) is 25.1 Å². The minimum absolute atomic E-state index is 0.0987. The Hall–Kier alpha value is -1.36. The van der Waals surface area contributed by atoms with Crippen molar-refractivity contribution >= 4 is 29.3 Å². The van der Waals surface area contributed by atoms with Crippen LogP contribution in [0.25, 0.3) is 0 Å². The van der Waals surface area contributed by atoms with Crippen molar-refractivity contribution in [2.45, 2.75) is 18.6 Å². The number of rotatable bonds is 4. The van der Waals surface area contributed by atoms with Gasteiger partial charge < -0.3 is 14.8 Å². The fourth-order valence-electron chi connectivity index (χ4n) is 1.71. The van der Waals surface area contributed by atoms with Crippen LogP contribution in [-0.2, 0) is 0 Å². The van der Waals surface area contributed by atoms with Gasteiger partial charge >= 0.3 is 0 Å². The first-order valence-corrected chi connectivity index (χ1v) is 5.50. The van der Waals surface area contributed by atoms with Crippen LogP contribution in [0.4, 0.5) is 0 Å². The van der Waals surface area contributed by atoms with Gasteiger partial charge in [0.15, 0.2) is 38.6 Å². The summed E-state index contributed by atoms with van der Waals surface area (Å²) in [5, 5.41) is 2.83. The highest BCUT2D eigenvalue weighted by Gasteiger charge is 2.31. The molecule has 0 unspecified atom stereocenters. The molecule has 0 bridgehead atoms. The highest BCUT2D eigenvalue weighted by Crippen LogP contribution is 2.37. The first kappa shape index (κ1) is 13.1. The zero-order valence-electron chi connectivity index (χ0n) is 9.97. The molecule has 1 heterocycles. The topological polar surface area (TPSA) is 47.6 Å². The summed E-state index contributed by atoms with van der Waals surface area (Å²) in [7, 11) is 16.3. The molecule has 0 amide bonds. The lowest BCUT2D eigenvalue weighted by Gasteiger charge is -2.18. The molecule has 1 aromatic carbocycles. The number of hydrogen-bond donors (Lipinski definition) is 1. The molecule has 1 aromatic rings. The Morgan fingerprint density at radius 2 is 2.06 bits per heavy atom. The normalized spacial score (nSPS) is 17.4. The van der Waals surface area contributed by atoms with E-state index in [1.807, 2.05) is 0 Å². The van der Waals surface area contributed by atoms with Crippen molar-refractivity contribution in [2.75, 3.05) is 6.44 Å². The Bertz CT molecular complexity index is 479. The first-order valence-electron chi connectivity index (χ1n) is 5.50. The van der Waals surface area contributed by atoms with E-state index >= 15 is 0 Å². The van der Waals surface area contributed by atoms with Gasteiger partial charge in [0.25, 0.3) is 0 Å². The molecule has 1 aliphatic heterocycles. The summed E-state index contributed by atoms with van der Waals surface area (Å²) < 4.78 is 10.3. The number of ketones is 1. The third kappa shape index (κ3) is 2.56. The van der Waals surface area contributed by atoms with Gasteiger partial charge in [-0.1, -0.05) is 0 Å². The fourth-order valence-corrected chi connectivity index (χ4v) is 1.71. The summed E-state index contributed by atoms with van der Waals surface area (Å²) in [5.41, 5.74) is -1.20. The van der Waals surface area contributed by atoms with E-state index in [2.05, 4.69) is 5.32 Å². The van der Waals surface area contributed by atoms with Crippen LogP contribution in [0.15, 0.2) is 18.2 Å². The number of Topliss-reactive ketones (excluding diaryl/α,β-unsaturated/α-hetero) is 1. The Balaban J connectivity index is 2.21. The van der Waals surface area contributed by atoms with Crippen molar-refractivity contribution in [3.63, 3.8) is 0 Å². The van der Waals surface area contributed by atoms with Crippen molar-refractivity contribution in [3.05, 3.63) is 23.8 Å². The third-order valence-electron chi connectivity index (χ3n) is 2.58. The molecule has 1 N–H and O–H groups in total. The number of hydrogen-bond acceptors (Lipinski definition) is 4. The maximum Gasteiger partial charge on any atom is 0.179 e. The van der Waals surface area contributed by atoms with Gasteiger partial charge in [0, 0.05) is 5.56 Å². The Morgan fingerprint density at radius 3 is 2.72 bits per heavy atom. The number of nitrogens with one attached hydrogen (secondary N) is 1. The molecule has 86 valence electrons. The molecule has 0 aromatic heterocycles. The highest BCUT2D eigenvalue weighted by molar-refractivity contribution is 6.38. The van der Waals surface area contributed by atoms with E-state index in [0.29, 0.717) is 17.1 Å². The molecule has 1 atom stereocenters. The number of carbonyl (C=O) groups is 1. The van der Waals surface area contributed by atoms with E-state index in [9.17, 15) is 4.79 Å². The van der Waals surface area contributed by atoms with Gasteiger partial charge in [0.05, 0.1) is 13.9 Å². The van der Waals surface area contributed by atoms with E-state index in [-0.39, 0.29) is 18.3 Å². The molecular formula is C11H10B3NO3. The van der Waals surface area contributed by atoms with Crippen LogP contribution in [-0.4, -0.2) is 47.4 Å². The lowest BCUT2D eigenvalue weighted by Crippen LogP contribution is -2.39. The summed E-state index contributed by atoms with van der Waals surface area (Å²) in [6, 6.07) is 4.39. The van der Waals surface area contributed by atoms with E-state index < -0.39 is 5.59 Å². The Morgan fingerprint density at radius 1 is 1.39 bits per heavy atom. The third-order valence-corrected chi connectivity index (χ3v) is 2.58. The van der Waals surface area contributed by atoms with Gasteiger partial charge in [0.1, 0.15) is 0 Å². The van der Waals surface area contributed by atoms with Gasteiger partial charge in [-0.05, 0) is 31.6 Å². The average molecular weight is 237 g/mol. The molecule has 1 aliphatic rings. The zero-order valence-corrected chi connectivity index (χ0v) is 9.97. The molecule has 4 nitrogen and oxygen atoms in total. The maximum absolute atomic E-state index is 12.0. The number of ether oxygens (including phenoxy) is 2. The standard InChI is InChI=1S/C11H10B3NO3/c1-6(15-5-12)10(16)7-2-3-8-9(4-7)18-11(13,14)17-8/h2-4,6,15H,5H2,1H3/t6-/m1/s1.